The molecule has 0 aliphatic carbocycles. The normalized spacial score (nSPS) is 21.6. The van der Waals surface area contributed by atoms with Gasteiger partial charge in [-0.05, 0) is 52.5 Å². The fraction of sp³-hybridized carbons (Fsp3) is 0.667. The monoisotopic (exact) mass is 508 g/mol. The maximum Gasteiger partial charge on any atom is 0.177 e. The number of halogens is 1. The van der Waals surface area contributed by atoms with Crippen LogP contribution in [0, 0.1) is 5.41 Å². The van der Waals surface area contributed by atoms with E-state index in [1.54, 1.807) is 11.8 Å². The number of carbonyl (C=O) groups is 2. The van der Waals surface area contributed by atoms with Gasteiger partial charge < -0.3 is 15.3 Å². The summed E-state index contributed by atoms with van der Waals surface area (Å²) in [5, 5.41) is 18.9. The smallest absolute Gasteiger partial charge is 0.177 e. The number of nitrogens with one attached hydrogen (secondary N) is 1. The first-order valence-electron chi connectivity index (χ1n) is 12.2. The molecule has 0 amide bonds. The van der Waals surface area contributed by atoms with E-state index < -0.39 is 6.04 Å². The minimum atomic E-state index is -0.429. The lowest BCUT2D eigenvalue weighted by Gasteiger charge is -2.32. The molecule has 1 aliphatic rings. The summed E-state index contributed by atoms with van der Waals surface area (Å²) in [6.45, 7) is 15.1. The average Bonchev–Trinajstić information content (AvgIpc) is 3.07. The molecule has 2 N–H and O–H groups in total. The topological polar surface area (TPSA) is 81.5 Å². The first-order valence-corrected chi connectivity index (χ1v) is 13.6. The molecule has 1 heterocycles. The van der Waals surface area contributed by atoms with E-state index in [1.807, 2.05) is 6.92 Å². The van der Waals surface area contributed by atoms with Crippen LogP contribution >= 0.6 is 23.4 Å². The Kier molecular flexibility index (Phi) is 9.83. The molecular formula is C27H41ClN2O3S. The van der Waals surface area contributed by atoms with Crippen LogP contribution in [-0.2, 0) is 20.4 Å². The van der Waals surface area contributed by atoms with Crippen LogP contribution in [0.3, 0.4) is 0 Å². The van der Waals surface area contributed by atoms with Gasteiger partial charge in [-0.1, -0.05) is 54.9 Å². The lowest BCUT2D eigenvalue weighted by atomic mass is 9.78. The molecule has 1 aromatic carbocycles. The summed E-state index contributed by atoms with van der Waals surface area (Å²) in [6, 6.07) is 3.68. The van der Waals surface area contributed by atoms with Crippen molar-refractivity contribution in [1.82, 2.24) is 4.90 Å². The molecule has 0 spiro atoms. The van der Waals surface area contributed by atoms with Crippen molar-refractivity contribution in [3.8, 4) is 5.75 Å². The van der Waals surface area contributed by atoms with Crippen molar-refractivity contribution in [3.63, 3.8) is 0 Å². The third-order valence-electron chi connectivity index (χ3n) is 6.31. The highest BCUT2D eigenvalue weighted by Crippen LogP contribution is 2.50. The summed E-state index contributed by atoms with van der Waals surface area (Å²) in [5.41, 5.74) is 2.38. The van der Waals surface area contributed by atoms with Gasteiger partial charge in [0.2, 0.25) is 0 Å². The molecule has 1 aromatic rings. The van der Waals surface area contributed by atoms with E-state index in [1.165, 1.54) is 0 Å². The van der Waals surface area contributed by atoms with Crippen LogP contribution in [0.15, 0.2) is 12.1 Å². The lowest BCUT2D eigenvalue weighted by Crippen LogP contribution is -2.39. The Morgan fingerprint density at radius 3 is 2.18 bits per heavy atom. The lowest BCUT2D eigenvalue weighted by molar-refractivity contribution is -0.114. The minimum Gasteiger partial charge on any atom is -0.507 e. The zero-order valence-electron chi connectivity index (χ0n) is 21.7. The fourth-order valence-corrected chi connectivity index (χ4v) is 6.22. The number of carbonyl (C=O) groups excluding carboxylic acids is 2. The Bertz CT molecular complexity index is 869. The number of phenolic OH excluding ortho intramolecular Hbond substituents is 1. The summed E-state index contributed by atoms with van der Waals surface area (Å²) < 4.78 is 0. The summed E-state index contributed by atoms with van der Waals surface area (Å²) in [4.78, 5) is 27.1. The molecule has 2 rings (SSSR count). The summed E-state index contributed by atoms with van der Waals surface area (Å²) in [5.74, 6) is 0.631. The number of alkyl halides is 1. The number of hydrogen-bond donors (Lipinski definition) is 2. The molecule has 7 heteroatoms. The van der Waals surface area contributed by atoms with Crippen molar-refractivity contribution in [2.75, 3.05) is 12.4 Å². The zero-order valence-corrected chi connectivity index (χ0v) is 23.3. The van der Waals surface area contributed by atoms with Crippen molar-refractivity contribution in [1.29, 1.82) is 5.41 Å². The molecule has 1 saturated heterocycles. The molecule has 3 unspecified atom stereocenters. The van der Waals surface area contributed by atoms with Crippen LogP contribution in [0.5, 0.6) is 5.75 Å². The van der Waals surface area contributed by atoms with Crippen molar-refractivity contribution < 1.29 is 14.7 Å². The molecule has 0 aromatic heterocycles. The van der Waals surface area contributed by atoms with E-state index >= 15 is 0 Å². The van der Waals surface area contributed by atoms with Crippen LogP contribution in [0.25, 0.3) is 0 Å². The summed E-state index contributed by atoms with van der Waals surface area (Å²) in [7, 11) is 0. The highest BCUT2D eigenvalue weighted by atomic mass is 35.5. The predicted molar refractivity (Wildman–Crippen MR) is 144 cm³/mol. The highest BCUT2D eigenvalue weighted by Gasteiger charge is 2.44. The first-order chi connectivity index (χ1) is 15.8. The van der Waals surface area contributed by atoms with E-state index in [9.17, 15) is 14.7 Å². The molecule has 0 bridgehead atoms. The molecule has 1 fully saturated rings. The first kappa shape index (κ1) is 28.9. The van der Waals surface area contributed by atoms with Gasteiger partial charge in [-0.2, -0.15) is 0 Å². The number of aromatic hydroxyl groups is 1. The molecule has 1 aliphatic heterocycles. The van der Waals surface area contributed by atoms with Gasteiger partial charge in [0.1, 0.15) is 12.0 Å². The zero-order chi connectivity index (χ0) is 25.8. The molecular weight excluding hydrogens is 468 g/mol. The van der Waals surface area contributed by atoms with Gasteiger partial charge in [0.25, 0.3) is 0 Å². The van der Waals surface area contributed by atoms with Crippen LogP contribution in [-0.4, -0.2) is 51.5 Å². The van der Waals surface area contributed by atoms with Crippen molar-refractivity contribution >= 4 is 41.1 Å². The van der Waals surface area contributed by atoms with Crippen LogP contribution in [0.1, 0.15) is 96.2 Å². The second kappa shape index (κ2) is 11.6. The van der Waals surface area contributed by atoms with Gasteiger partial charge in [0.15, 0.2) is 5.78 Å². The molecule has 0 saturated carbocycles. The van der Waals surface area contributed by atoms with Crippen LogP contribution in [0.2, 0.25) is 0 Å². The van der Waals surface area contributed by atoms with Gasteiger partial charge in [0.05, 0.1) is 17.1 Å². The maximum absolute atomic E-state index is 12.7. The van der Waals surface area contributed by atoms with Gasteiger partial charge in [-0.15, -0.1) is 23.4 Å². The SMILES string of the molecule is CCCC(=N)C(=O)CC1SC(c2cc(C(C)(C)C)c(O)c(C(C)(C)C)c2)N(CCCCl)C1C=O. The molecule has 3 atom stereocenters. The largest absolute Gasteiger partial charge is 0.507 e. The Balaban J connectivity index is 2.56. The maximum atomic E-state index is 12.7. The Labute approximate surface area is 214 Å². The van der Waals surface area contributed by atoms with Crippen molar-refractivity contribution in [2.24, 2.45) is 0 Å². The highest BCUT2D eigenvalue weighted by molar-refractivity contribution is 8.00. The Morgan fingerprint density at radius 1 is 1.18 bits per heavy atom. The summed E-state index contributed by atoms with van der Waals surface area (Å²) in [6.07, 6.45) is 3.06. The summed E-state index contributed by atoms with van der Waals surface area (Å²) >= 11 is 7.63. The fourth-order valence-electron chi connectivity index (χ4n) is 4.45. The number of Topliss-reactive ketones (excluding diaryl/α,β-unsaturated/α-hetero) is 1. The second-order valence-electron chi connectivity index (χ2n) is 11.3. The van der Waals surface area contributed by atoms with Gasteiger partial charge in [-0.3, -0.25) is 9.69 Å². The van der Waals surface area contributed by atoms with Crippen LogP contribution < -0.4 is 0 Å². The third kappa shape index (κ3) is 6.64. The van der Waals surface area contributed by atoms with Gasteiger partial charge >= 0.3 is 0 Å². The number of phenols is 1. The third-order valence-corrected chi connectivity index (χ3v) is 8.18. The number of thioether (sulfide) groups is 1. The number of hydrogen-bond acceptors (Lipinski definition) is 6. The molecule has 190 valence electrons. The molecule has 34 heavy (non-hydrogen) atoms. The van der Waals surface area contributed by atoms with E-state index in [-0.39, 0.29) is 39.4 Å². The van der Waals surface area contributed by atoms with Crippen LogP contribution in [0.4, 0.5) is 0 Å². The van der Waals surface area contributed by atoms with E-state index in [2.05, 4.69) is 58.6 Å². The number of aldehydes is 1. The Hall–Kier alpha value is -1.37. The number of benzene rings is 1. The van der Waals surface area contributed by atoms with E-state index in [4.69, 9.17) is 17.0 Å². The Morgan fingerprint density at radius 2 is 1.74 bits per heavy atom. The average molecular weight is 509 g/mol. The molecule has 5 nitrogen and oxygen atoms in total. The predicted octanol–water partition coefficient (Wildman–Crippen LogP) is 6.38. The van der Waals surface area contributed by atoms with E-state index in [0.717, 1.165) is 35.8 Å². The quantitative estimate of drug-likeness (QED) is 0.218. The van der Waals surface area contributed by atoms with Crippen molar-refractivity contribution in [2.45, 2.75) is 102 Å². The number of nitrogens with zero attached hydrogens (tertiary/aromatic N) is 1. The van der Waals surface area contributed by atoms with Gasteiger partial charge in [-0.25, -0.2) is 0 Å². The van der Waals surface area contributed by atoms with Crippen molar-refractivity contribution in [3.05, 3.63) is 28.8 Å². The number of ketones is 1. The minimum absolute atomic E-state index is 0.137. The standard InChI is InChI=1S/C27H41ClN2O3S/c1-8-10-20(29)22(32)15-23-21(16-31)30(12-9-11-28)25(34-23)17-13-18(26(2,3)4)24(33)19(14-17)27(5,6)7/h13-14,16,21,23,25,29,33H,8-12,15H2,1-7H3. The number of rotatable bonds is 10. The van der Waals surface area contributed by atoms with E-state index in [0.29, 0.717) is 24.6 Å². The molecule has 0 radical (unpaired) electrons. The van der Waals surface area contributed by atoms with Gasteiger partial charge in [0, 0.05) is 24.1 Å². The second-order valence-corrected chi connectivity index (χ2v) is 13.0.